The normalized spacial score (nSPS) is 10.2. The van der Waals surface area contributed by atoms with E-state index < -0.39 is 0 Å². The lowest BCUT2D eigenvalue weighted by atomic mass is 10.1. The van der Waals surface area contributed by atoms with Crippen molar-refractivity contribution >= 4 is 23.2 Å². The standard InChI is InChI=1S/C14H15ClN4O/c1-19(9-10-4-6-17-7-5-10)14(20)12-8-11(15)2-3-13(12)18-16/h2-8,18H,9,16H2,1H3. The number of carbonyl (C=O) groups is 1. The van der Waals surface area contributed by atoms with Gasteiger partial charge in [-0.25, -0.2) is 0 Å². The minimum atomic E-state index is -0.155. The minimum Gasteiger partial charge on any atom is -0.337 e. The first-order valence-corrected chi connectivity index (χ1v) is 6.40. The fourth-order valence-electron chi connectivity index (χ4n) is 1.86. The van der Waals surface area contributed by atoms with E-state index in [0.717, 1.165) is 5.56 Å². The van der Waals surface area contributed by atoms with Crippen LogP contribution in [0.4, 0.5) is 5.69 Å². The van der Waals surface area contributed by atoms with Crippen molar-refractivity contribution < 1.29 is 4.79 Å². The fraction of sp³-hybridized carbons (Fsp3) is 0.143. The number of nitrogens with one attached hydrogen (secondary N) is 1. The first-order valence-electron chi connectivity index (χ1n) is 6.02. The highest BCUT2D eigenvalue weighted by Gasteiger charge is 2.16. The Hall–Kier alpha value is -2.11. The molecule has 0 saturated heterocycles. The first kappa shape index (κ1) is 14.3. The number of anilines is 1. The Morgan fingerprint density at radius 2 is 2.05 bits per heavy atom. The van der Waals surface area contributed by atoms with Crippen LogP contribution in [0.5, 0.6) is 0 Å². The molecule has 0 spiro atoms. The van der Waals surface area contributed by atoms with Crippen molar-refractivity contribution in [1.82, 2.24) is 9.88 Å². The molecule has 0 bridgehead atoms. The Morgan fingerprint density at radius 1 is 1.35 bits per heavy atom. The summed E-state index contributed by atoms with van der Waals surface area (Å²) < 4.78 is 0. The monoisotopic (exact) mass is 290 g/mol. The van der Waals surface area contributed by atoms with E-state index in [-0.39, 0.29) is 5.91 Å². The lowest BCUT2D eigenvalue weighted by Crippen LogP contribution is -2.27. The van der Waals surface area contributed by atoms with Crippen LogP contribution in [-0.2, 0) is 6.54 Å². The van der Waals surface area contributed by atoms with Crippen LogP contribution >= 0.6 is 11.6 Å². The van der Waals surface area contributed by atoms with Gasteiger partial charge in [0.2, 0.25) is 0 Å². The topological polar surface area (TPSA) is 71.2 Å². The maximum atomic E-state index is 12.4. The van der Waals surface area contributed by atoms with Crippen LogP contribution in [0.15, 0.2) is 42.7 Å². The summed E-state index contributed by atoms with van der Waals surface area (Å²) in [5.41, 5.74) is 4.49. The molecule has 0 radical (unpaired) electrons. The number of hydrogen-bond acceptors (Lipinski definition) is 4. The van der Waals surface area contributed by atoms with Crippen LogP contribution in [0.3, 0.4) is 0 Å². The van der Waals surface area contributed by atoms with Crippen LogP contribution in [0.1, 0.15) is 15.9 Å². The van der Waals surface area contributed by atoms with Gasteiger partial charge in [-0.3, -0.25) is 15.6 Å². The average Bonchev–Trinajstić information content (AvgIpc) is 2.47. The quantitative estimate of drug-likeness (QED) is 0.669. The summed E-state index contributed by atoms with van der Waals surface area (Å²) in [6.45, 7) is 0.484. The van der Waals surface area contributed by atoms with Crippen molar-refractivity contribution in [2.75, 3.05) is 12.5 Å². The van der Waals surface area contributed by atoms with Crippen LogP contribution in [0, 0.1) is 0 Å². The fourth-order valence-corrected chi connectivity index (χ4v) is 2.03. The molecule has 3 N–H and O–H groups in total. The van der Waals surface area contributed by atoms with Crippen LogP contribution in [0.2, 0.25) is 5.02 Å². The van der Waals surface area contributed by atoms with E-state index in [9.17, 15) is 4.79 Å². The largest absolute Gasteiger partial charge is 0.337 e. The van der Waals surface area contributed by atoms with Gasteiger partial charge in [-0.1, -0.05) is 11.6 Å². The van der Waals surface area contributed by atoms with Crippen molar-refractivity contribution in [2.24, 2.45) is 5.84 Å². The number of nitrogen functional groups attached to an aromatic ring is 1. The summed E-state index contributed by atoms with van der Waals surface area (Å²) in [6, 6.07) is 8.68. The number of pyridine rings is 1. The Balaban J connectivity index is 2.20. The van der Waals surface area contributed by atoms with E-state index in [1.807, 2.05) is 12.1 Å². The highest BCUT2D eigenvalue weighted by molar-refractivity contribution is 6.31. The molecule has 5 nitrogen and oxygen atoms in total. The predicted molar refractivity (Wildman–Crippen MR) is 79.3 cm³/mol. The molecule has 0 fully saturated rings. The Bertz CT molecular complexity index is 603. The number of halogens is 1. The lowest BCUT2D eigenvalue weighted by molar-refractivity contribution is 0.0786. The third kappa shape index (κ3) is 3.26. The summed E-state index contributed by atoms with van der Waals surface area (Å²) in [7, 11) is 1.73. The zero-order chi connectivity index (χ0) is 14.5. The van der Waals surface area contributed by atoms with Gasteiger partial charge >= 0.3 is 0 Å². The van der Waals surface area contributed by atoms with Crippen LogP contribution in [0.25, 0.3) is 0 Å². The number of benzene rings is 1. The highest BCUT2D eigenvalue weighted by atomic mass is 35.5. The Labute approximate surface area is 122 Å². The van der Waals surface area contributed by atoms with Gasteiger partial charge in [0.05, 0.1) is 11.3 Å². The molecular formula is C14H15ClN4O. The molecule has 1 amide bonds. The number of nitrogens with two attached hydrogens (primary N) is 1. The van der Waals surface area contributed by atoms with E-state index in [4.69, 9.17) is 17.4 Å². The number of nitrogens with zero attached hydrogens (tertiary/aromatic N) is 2. The maximum absolute atomic E-state index is 12.4. The Kier molecular flexibility index (Phi) is 4.55. The SMILES string of the molecule is CN(Cc1ccncc1)C(=O)c1cc(Cl)ccc1NN. The number of hydrogen-bond donors (Lipinski definition) is 2. The third-order valence-electron chi connectivity index (χ3n) is 2.88. The van der Waals surface area contributed by atoms with E-state index >= 15 is 0 Å². The molecule has 0 aliphatic heterocycles. The predicted octanol–water partition coefficient (Wildman–Crippen LogP) is 2.29. The second-order valence-electron chi connectivity index (χ2n) is 4.35. The molecule has 1 aromatic carbocycles. The van der Waals surface area contributed by atoms with Gasteiger partial charge in [0.1, 0.15) is 0 Å². The molecular weight excluding hydrogens is 276 g/mol. The molecule has 20 heavy (non-hydrogen) atoms. The maximum Gasteiger partial charge on any atom is 0.256 e. The minimum absolute atomic E-state index is 0.155. The summed E-state index contributed by atoms with van der Waals surface area (Å²) in [5.74, 6) is 5.26. The van der Waals surface area contributed by atoms with Crippen LogP contribution in [-0.4, -0.2) is 22.8 Å². The second-order valence-corrected chi connectivity index (χ2v) is 4.79. The zero-order valence-corrected chi connectivity index (χ0v) is 11.8. The van der Waals surface area contributed by atoms with Gasteiger partial charge in [-0.2, -0.15) is 0 Å². The third-order valence-corrected chi connectivity index (χ3v) is 3.12. The molecule has 2 aromatic rings. The molecule has 2 rings (SSSR count). The second kappa shape index (κ2) is 6.36. The van der Waals surface area contributed by atoms with E-state index in [1.54, 1.807) is 42.5 Å². The molecule has 1 aromatic heterocycles. The average molecular weight is 291 g/mol. The number of hydrazine groups is 1. The van der Waals surface area contributed by atoms with Gasteiger partial charge in [0, 0.05) is 31.0 Å². The molecule has 104 valence electrons. The highest BCUT2D eigenvalue weighted by Crippen LogP contribution is 2.21. The summed E-state index contributed by atoms with van der Waals surface area (Å²) >= 11 is 5.94. The van der Waals surface area contributed by atoms with Crippen molar-refractivity contribution in [3.8, 4) is 0 Å². The first-order chi connectivity index (χ1) is 9.61. The van der Waals surface area contributed by atoms with Crippen molar-refractivity contribution in [3.63, 3.8) is 0 Å². The van der Waals surface area contributed by atoms with Crippen molar-refractivity contribution in [2.45, 2.75) is 6.54 Å². The number of amides is 1. The molecule has 0 aliphatic rings. The smallest absolute Gasteiger partial charge is 0.256 e. The number of aromatic nitrogens is 1. The van der Waals surface area contributed by atoms with E-state index in [2.05, 4.69) is 10.4 Å². The molecule has 0 atom stereocenters. The number of carbonyl (C=O) groups excluding carboxylic acids is 1. The molecule has 6 heteroatoms. The van der Waals surface area contributed by atoms with Gasteiger partial charge in [0.25, 0.3) is 5.91 Å². The number of rotatable bonds is 4. The van der Waals surface area contributed by atoms with E-state index in [1.165, 1.54) is 0 Å². The zero-order valence-electron chi connectivity index (χ0n) is 11.0. The van der Waals surface area contributed by atoms with Crippen molar-refractivity contribution in [3.05, 3.63) is 58.9 Å². The summed E-state index contributed by atoms with van der Waals surface area (Å²) in [5, 5.41) is 0.490. The Morgan fingerprint density at radius 3 is 2.70 bits per heavy atom. The lowest BCUT2D eigenvalue weighted by Gasteiger charge is -2.19. The summed E-state index contributed by atoms with van der Waals surface area (Å²) in [4.78, 5) is 18.0. The van der Waals surface area contributed by atoms with Crippen molar-refractivity contribution in [1.29, 1.82) is 0 Å². The van der Waals surface area contributed by atoms with Gasteiger partial charge in [-0.05, 0) is 35.9 Å². The molecule has 1 heterocycles. The summed E-state index contributed by atoms with van der Waals surface area (Å²) in [6.07, 6.45) is 3.39. The van der Waals surface area contributed by atoms with Gasteiger partial charge < -0.3 is 10.3 Å². The van der Waals surface area contributed by atoms with E-state index in [0.29, 0.717) is 22.8 Å². The molecule has 0 saturated carbocycles. The van der Waals surface area contributed by atoms with Gasteiger partial charge in [-0.15, -0.1) is 0 Å². The molecule has 0 unspecified atom stereocenters. The van der Waals surface area contributed by atoms with Gasteiger partial charge in [0.15, 0.2) is 0 Å². The van der Waals surface area contributed by atoms with Crippen LogP contribution < -0.4 is 11.3 Å². The molecule has 0 aliphatic carbocycles.